The van der Waals surface area contributed by atoms with Crippen LogP contribution in [0.25, 0.3) is 0 Å². The van der Waals surface area contributed by atoms with E-state index in [-0.39, 0.29) is 0 Å². The summed E-state index contributed by atoms with van der Waals surface area (Å²) in [5.74, 6) is 8.12. The van der Waals surface area contributed by atoms with Crippen molar-refractivity contribution < 1.29 is 4.74 Å². The molecule has 0 amide bonds. The van der Waals surface area contributed by atoms with Gasteiger partial charge >= 0.3 is 0 Å². The first-order chi connectivity index (χ1) is 13.3. The Labute approximate surface area is 160 Å². The van der Waals surface area contributed by atoms with E-state index in [1.165, 1.54) is 24.9 Å². The van der Waals surface area contributed by atoms with Gasteiger partial charge < -0.3 is 9.64 Å². The van der Waals surface area contributed by atoms with E-state index >= 15 is 0 Å². The van der Waals surface area contributed by atoms with Gasteiger partial charge in [0.1, 0.15) is 11.5 Å². The first-order valence-corrected chi connectivity index (χ1v) is 9.53. The average molecular weight is 359 g/mol. The number of hydrazine groups is 1. The molecular formula is C23H25N3O. The Morgan fingerprint density at radius 2 is 1.44 bits per heavy atom. The molecule has 0 unspecified atom stereocenters. The molecule has 1 aliphatic rings. The van der Waals surface area contributed by atoms with Gasteiger partial charge in [-0.2, -0.15) is 0 Å². The molecule has 3 aromatic rings. The highest BCUT2D eigenvalue weighted by molar-refractivity contribution is 5.77. The summed E-state index contributed by atoms with van der Waals surface area (Å²) >= 11 is 0. The van der Waals surface area contributed by atoms with E-state index in [2.05, 4.69) is 23.1 Å². The molecule has 0 aliphatic carbocycles. The minimum atomic E-state index is 0.768. The SMILES string of the molecule is NN(c1cccc(Oc2ccccc2)c1)c1ccccc1N1CCCCC1. The highest BCUT2D eigenvalue weighted by Gasteiger charge is 2.17. The Morgan fingerprint density at radius 1 is 0.741 bits per heavy atom. The summed E-state index contributed by atoms with van der Waals surface area (Å²) in [4.78, 5) is 2.43. The van der Waals surface area contributed by atoms with Crippen molar-refractivity contribution >= 4 is 17.1 Å². The topological polar surface area (TPSA) is 41.7 Å². The van der Waals surface area contributed by atoms with Crippen LogP contribution in [0.5, 0.6) is 11.5 Å². The quantitative estimate of drug-likeness (QED) is 0.484. The van der Waals surface area contributed by atoms with Crippen molar-refractivity contribution in [3.05, 3.63) is 78.9 Å². The second-order valence-electron chi connectivity index (χ2n) is 6.82. The van der Waals surface area contributed by atoms with Crippen LogP contribution in [0.1, 0.15) is 19.3 Å². The smallest absolute Gasteiger partial charge is 0.129 e. The molecule has 0 atom stereocenters. The van der Waals surface area contributed by atoms with Crippen molar-refractivity contribution in [1.82, 2.24) is 0 Å². The standard InChI is InChI=1S/C23H25N3O/c24-26(23-15-6-5-14-22(23)25-16-7-2-8-17-25)19-10-9-13-21(18-19)27-20-11-3-1-4-12-20/h1,3-6,9-15,18H,2,7-8,16-17,24H2. The molecule has 0 spiro atoms. The monoisotopic (exact) mass is 359 g/mol. The van der Waals surface area contributed by atoms with Crippen LogP contribution in [-0.2, 0) is 0 Å². The lowest BCUT2D eigenvalue weighted by molar-refractivity contribution is 0.483. The minimum absolute atomic E-state index is 0.768. The first kappa shape index (κ1) is 17.4. The van der Waals surface area contributed by atoms with Gasteiger partial charge in [-0.15, -0.1) is 0 Å². The maximum absolute atomic E-state index is 6.54. The highest BCUT2D eigenvalue weighted by atomic mass is 16.5. The van der Waals surface area contributed by atoms with Crippen molar-refractivity contribution in [3.63, 3.8) is 0 Å². The molecule has 1 fully saturated rings. The summed E-state index contributed by atoms with van der Waals surface area (Å²) in [6.45, 7) is 2.17. The first-order valence-electron chi connectivity index (χ1n) is 9.53. The third kappa shape index (κ3) is 4.07. The summed E-state index contributed by atoms with van der Waals surface area (Å²) in [6, 6.07) is 26.0. The molecule has 4 heteroatoms. The van der Waals surface area contributed by atoms with Crippen LogP contribution in [0.2, 0.25) is 0 Å². The fraction of sp³-hybridized carbons (Fsp3) is 0.217. The van der Waals surface area contributed by atoms with E-state index < -0.39 is 0 Å². The number of anilines is 3. The van der Waals surface area contributed by atoms with E-state index in [1.807, 2.05) is 60.7 Å². The second-order valence-corrected chi connectivity index (χ2v) is 6.82. The predicted octanol–water partition coefficient (Wildman–Crippen LogP) is 5.48. The molecule has 1 heterocycles. The van der Waals surface area contributed by atoms with E-state index in [4.69, 9.17) is 10.6 Å². The van der Waals surface area contributed by atoms with Gasteiger partial charge in [-0.05, 0) is 55.7 Å². The molecule has 0 bridgehead atoms. The highest BCUT2D eigenvalue weighted by Crippen LogP contribution is 2.35. The van der Waals surface area contributed by atoms with Crippen molar-refractivity contribution in [1.29, 1.82) is 0 Å². The Balaban J connectivity index is 1.60. The van der Waals surface area contributed by atoms with Crippen molar-refractivity contribution in [2.45, 2.75) is 19.3 Å². The lowest BCUT2D eigenvalue weighted by Gasteiger charge is -2.32. The lowest BCUT2D eigenvalue weighted by Crippen LogP contribution is -2.33. The van der Waals surface area contributed by atoms with Crippen molar-refractivity contribution in [2.75, 3.05) is 23.0 Å². The third-order valence-electron chi connectivity index (χ3n) is 4.91. The summed E-state index contributed by atoms with van der Waals surface area (Å²) in [6.07, 6.45) is 3.78. The Morgan fingerprint density at radius 3 is 2.26 bits per heavy atom. The van der Waals surface area contributed by atoms with Gasteiger partial charge in [0.05, 0.1) is 17.1 Å². The number of benzene rings is 3. The number of nitrogens with zero attached hydrogens (tertiary/aromatic N) is 2. The van der Waals surface area contributed by atoms with E-state index in [9.17, 15) is 0 Å². The van der Waals surface area contributed by atoms with Crippen LogP contribution in [0, 0.1) is 0 Å². The number of ether oxygens (including phenoxy) is 1. The molecule has 0 saturated carbocycles. The van der Waals surface area contributed by atoms with Crippen molar-refractivity contribution in [2.24, 2.45) is 5.84 Å². The summed E-state index contributed by atoms with van der Waals surface area (Å²) in [7, 11) is 0. The van der Waals surface area contributed by atoms with E-state index in [0.29, 0.717) is 0 Å². The maximum Gasteiger partial charge on any atom is 0.129 e. The van der Waals surface area contributed by atoms with Crippen LogP contribution < -0.4 is 20.5 Å². The molecule has 3 aromatic carbocycles. The number of hydrogen-bond acceptors (Lipinski definition) is 4. The lowest BCUT2D eigenvalue weighted by atomic mass is 10.1. The minimum Gasteiger partial charge on any atom is -0.457 e. The average Bonchev–Trinajstić information content (AvgIpc) is 2.75. The molecule has 2 N–H and O–H groups in total. The van der Waals surface area contributed by atoms with Gasteiger partial charge in [0, 0.05) is 19.2 Å². The molecule has 4 rings (SSSR count). The fourth-order valence-corrected chi connectivity index (χ4v) is 3.53. The third-order valence-corrected chi connectivity index (χ3v) is 4.91. The molecule has 0 aromatic heterocycles. The fourth-order valence-electron chi connectivity index (χ4n) is 3.53. The summed E-state index contributed by atoms with van der Waals surface area (Å²) < 4.78 is 5.96. The molecular weight excluding hydrogens is 334 g/mol. The van der Waals surface area contributed by atoms with Crippen LogP contribution in [-0.4, -0.2) is 13.1 Å². The molecule has 138 valence electrons. The Hall–Kier alpha value is -2.98. The number of rotatable bonds is 5. The molecule has 1 aliphatic heterocycles. The maximum atomic E-state index is 6.54. The number of para-hydroxylation sites is 3. The molecule has 27 heavy (non-hydrogen) atoms. The zero-order valence-electron chi connectivity index (χ0n) is 15.4. The summed E-state index contributed by atoms with van der Waals surface area (Å²) in [5, 5.41) is 1.75. The van der Waals surface area contributed by atoms with Gasteiger partial charge in [0.2, 0.25) is 0 Å². The van der Waals surface area contributed by atoms with Gasteiger partial charge in [0.25, 0.3) is 0 Å². The van der Waals surface area contributed by atoms with Crippen LogP contribution in [0.3, 0.4) is 0 Å². The normalized spacial score (nSPS) is 14.0. The molecule has 4 nitrogen and oxygen atoms in total. The largest absolute Gasteiger partial charge is 0.457 e. The van der Waals surface area contributed by atoms with Crippen molar-refractivity contribution in [3.8, 4) is 11.5 Å². The van der Waals surface area contributed by atoms with Gasteiger partial charge in [-0.1, -0.05) is 36.4 Å². The zero-order chi connectivity index (χ0) is 18.5. The Kier molecular flexibility index (Phi) is 5.26. The summed E-state index contributed by atoms with van der Waals surface area (Å²) in [5.41, 5.74) is 3.10. The molecule has 1 saturated heterocycles. The van der Waals surface area contributed by atoms with Crippen LogP contribution in [0.4, 0.5) is 17.1 Å². The van der Waals surface area contributed by atoms with Gasteiger partial charge in [0.15, 0.2) is 0 Å². The zero-order valence-corrected chi connectivity index (χ0v) is 15.4. The van der Waals surface area contributed by atoms with Crippen LogP contribution >= 0.6 is 0 Å². The number of nitrogens with two attached hydrogens (primary N) is 1. The van der Waals surface area contributed by atoms with E-state index in [0.717, 1.165) is 36.0 Å². The number of piperidine rings is 1. The van der Waals surface area contributed by atoms with Crippen LogP contribution in [0.15, 0.2) is 78.9 Å². The van der Waals surface area contributed by atoms with Gasteiger partial charge in [-0.25, -0.2) is 5.84 Å². The van der Waals surface area contributed by atoms with E-state index in [1.54, 1.807) is 5.01 Å². The molecule has 0 radical (unpaired) electrons. The second kappa shape index (κ2) is 8.14. The van der Waals surface area contributed by atoms with Gasteiger partial charge in [-0.3, -0.25) is 5.01 Å². The number of hydrogen-bond donors (Lipinski definition) is 1. The Bertz CT molecular complexity index is 876. The predicted molar refractivity (Wildman–Crippen MR) is 112 cm³/mol.